The number of benzene rings is 1. The minimum Gasteiger partial charge on any atom is -0.495 e. The SMILES string of the molecule is COc1ccc(F)c(/C=C/C(=O)O)c1Cl. The number of halogens is 2. The van der Waals surface area contributed by atoms with Gasteiger partial charge in [-0.15, -0.1) is 0 Å². The van der Waals surface area contributed by atoms with Crippen LogP contribution < -0.4 is 4.74 Å². The number of carboxylic acid groups (broad SMARTS) is 1. The van der Waals surface area contributed by atoms with Gasteiger partial charge in [0.1, 0.15) is 11.6 Å². The quantitative estimate of drug-likeness (QED) is 0.812. The molecule has 0 aliphatic heterocycles. The summed E-state index contributed by atoms with van der Waals surface area (Å²) in [5, 5.41) is 8.45. The van der Waals surface area contributed by atoms with Gasteiger partial charge in [0.15, 0.2) is 0 Å². The van der Waals surface area contributed by atoms with Crippen LogP contribution in [0.5, 0.6) is 5.75 Å². The molecule has 3 nitrogen and oxygen atoms in total. The molecule has 15 heavy (non-hydrogen) atoms. The first-order chi connectivity index (χ1) is 7.06. The third-order valence-electron chi connectivity index (χ3n) is 1.70. The minimum atomic E-state index is -1.17. The van der Waals surface area contributed by atoms with Crippen molar-refractivity contribution in [1.29, 1.82) is 0 Å². The van der Waals surface area contributed by atoms with E-state index < -0.39 is 11.8 Å². The van der Waals surface area contributed by atoms with E-state index in [0.29, 0.717) is 5.75 Å². The highest BCUT2D eigenvalue weighted by atomic mass is 35.5. The van der Waals surface area contributed by atoms with Crippen LogP contribution in [-0.2, 0) is 4.79 Å². The van der Waals surface area contributed by atoms with Crippen molar-refractivity contribution in [3.05, 3.63) is 34.6 Å². The topological polar surface area (TPSA) is 46.5 Å². The molecule has 0 aromatic heterocycles. The van der Waals surface area contributed by atoms with Crippen molar-refractivity contribution < 1.29 is 19.0 Å². The van der Waals surface area contributed by atoms with Crippen molar-refractivity contribution in [2.75, 3.05) is 7.11 Å². The summed E-state index contributed by atoms with van der Waals surface area (Å²) >= 11 is 5.79. The highest BCUT2D eigenvalue weighted by molar-refractivity contribution is 6.33. The molecule has 0 radical (unpaired) electrons. The van der Waals surface area contributed by atoms with Gasteiger partial charge in [-0.25, -0.2) is 9.18 Å². The van der Waals surface area contributed by atoms with Crippen molar-refractivity contribution in [2.24, 2.45) is 0 Å². The Morgan fingerprint density at radius 1 is 1.60 bits per heavy atom. The Morgan fingerprint density at radius 3 is 2.80 bits per heavy atom. The second-order valence-corrected chi connectivity index (χ2v) is 3.03. The van der Waals surface area contributed by atoms with E-state index >= 15 is 0 Å². The summed E-state index contributed by atoms with van der Waals surface area (Å²) in [5.41, 5.74) is -0.00147. The minimum absolute atomic E-state index is 0.00147. The summed E-state index contributed by atoms with van der Waals surface area (Å²) in [5.74, 6) is -1.48. The van der Waals surface area contributed by atoms with E-state index in [1.54, 1.807) is 0 Å². The van der Waals surface area contributed by atoms with E-state index in [2.05, 4.69) is 0 Å². The molecule has 0 unspecified atom stereocenters. The first-order valence-electron chi connectivity index (χ1n) is 3.99. The summed E-state index contributed by atoms with van der Waals surface area (Å²) < 4.78 is 18.1. The lowest BCUT2D eigenvalue weighted by molar-refractivity contribution is -0.131. The predicted octanol–water partition coefficient (Wildman–Crippen LogP) is 2.59. The Bertz CT molecular complexity index is 415. The molecule has 0 saturated carbocycles. The van der Waals surface area contributed by atoms with Crippen molar-refractivity contribution in [2.45, 2.75) is 0 Å². The van der Waals surface area contributed by atoms with Gasteiger partial charge in [0.2, 0.25) is 0 Å². The van der Waals surface area contributed by atoms with E-state index in [9.17, 15) is 9.18 Å². The fourth-order valence-corrected chi connectivity index (χ4v) is 1.31. The van der Waals surface area contributed by atoms with Gasteiger partial charge in [-0.1, -0.05) is 11.6 Å². The first-order valence-corrected chi connectivity index (χ1v) is 4.37. The molecule has 80 valence electrons. The van der Waals surface area contributed by atoms with Gasteiger partial charge < -0.3 is 9.84 Å². The molecule has 1 N–H and O–H groups in total. The summed E-state index contributed by atoms with van der Waals surface area (Å²) in [4.78, 5) is 10.3. The molecule has 0 aliphatic rings. The summed E-state index contributed by atoms with van der Waals surface area (Å²) in [6.45, 7) is 0. The van der Waals surface area contributed by atoms with E-state index in [4.69, 9.17) is 21.4 Å². The van der Waals surface area contributed by atoms with Gasteiger partial charge >= 0.3 is 5.97 Å². The molecule has 0 bridgehead atoms. The Hall–Kier alpha value is -1.55. The number of aliphatic carboxylic acids is 1. The fraction of sp³-hybridized carbons (Fsp3) is 0.100. The molecule has 0 atom stereocenters. The molecule has 0 spiro atoms. The molecule has 0 amide bonds. The average Bonchev–Trinajstić information content (AvgIpc) is 2.17. The molecular formula is C10H8ClFO3. The fourth-order valence-electron chi connectivity index (χ4n) is 1.01. The van der Waals surface area contributed by atoms with Gasteiger partial charge in [0.25, 0.3) is 0 Å². The van der Waals surface area contributed by atoms with Crippen molar-refractivity contribution in [3.8, 4) is 5.75 Å². The van der Waals surface area contributed by atoms with Gasteiger partial charge in [0.05, 0.1) is 12.1 Å². The van der Waals surface area contributed by atoms with Crippen LogP contribution in [0.1, 0.15) is 5.56 Å². The van der Waals surface area contributed by atoms with Crippen LogP contribution in [-0.4, -0.2) is 18.2 Å². The maximum Gasteiger partial charge on any atom is 0.328 e. The van der Waals surface area contributed by atoms with E-state index in [-0.39, 0.29) is 10.6 Å². The number of ether oxygens (including phenoxy) is 1. The van der Waals surface area contributed by atoms with Crippen LogP contribution >= 0.6 is 11.6 Å². The van der Waals surface area contributed by atoms with Gasteiger partial charge in [-0.05, 0) is 18.2 Å². The Morgan fingerprint density at radius 2 is 2.27 bits per heavy atom. The van der Waals surface area contributed by atoms with Gasteiger partial charge in [-0.2, -0.15) is 0 Å². The third-order valence-corrected chi connectivity index (χ3v) is 2.09. The maximum absolute atomic E-state index is 13.2. The van der Waals surface area contributed by atoms with E-state index in [1.165, 1.54) is 13.2 Å². The lowest BCUT2D eigenvalue weighted by Crippen LogP contribution is -1.91. The molecule has 0 aliphatic carbocycles. The first kappa shape index (κ1) is 11.5. The average molecular weight is 231 g/mol. The molecule has 5 heteroatoms. The second-order valence-electron chi connectivity index (χ2n) is 2.65. The standard InChI is InChI=1S/C10H8ClFO3/c1-15-8-4-3-7(12)6(10(8)11)2-5-9(13)14/h2-5H,1H3,(H,13,14)/b5-2+. The summed E-state index contributed by atoms with van der Waals surface area (Å²) in [6, 6.07) is 2.53. The van der Waals surface area contributed by atoms with Crippen molar-refractivity contribution >= 4 is 23.6 Å². The highest BCUT2D eigenvalue weighted by Gasteiger charge is 2.09. The predicted molar refractivity (Wildman–Crippen MR) is 54.6 cm³/mol. The largest absolute Gasteiger partial charge is 0.495 e. The van der Waals surface area contributed by atoms with E-state index in [0.717, 1.165) is 18.2 Å². The van der Waals surface area contributed by atoms with Crippen LogP contribution in [0, 0.1) is 5.82 Å². The van der Waals surface area contributed by atoms with Crippen LogP contribution in [0.4, 0.5) is 4.39 Å². The zero-order valence-corrected chi connectivity index (χ0v) is 8.58. The molecule has 1 aromatic carbocycles. The monoisotopic (exact) mass is 230 g/mol. The normalized spacial score (nSPS) is 10.6. The lowest BCUT2D eigenvalue weighted by Gasteiger charge is -2.06. The zero-order chi connectivity index (χ0) is 11.4. The van der Waals surface area contributed by atoms with Crippen LogP contribution in [0.3, 0.4) is 0 Å². The van der Waals surface area contributed by atoms with Gasteiger partial charge in [0, 0.05) is 11.6 Å². The Labute approximate surface area is 90.7 Å². The van der Waals surface area contributed by atoms with Crippen molar-refractivity contribution in [1.82, 2.24) is 0 Å². The lowest BCUT2D eigenvalue weighted by atomic mass is 10.2. The maximum atomic E-state index is 13.2. The number of hydrogen-bond donors (Lipinski definition) is 1. The van der Waals surface area contributed by atoms with Crippen LogP contribution in [0.2, 0.25) is 5.02 Å². The summed E-state index contributed by atoms with van der Waals surface area (Å²) in [6.07, 6.45) is 1.90. The number of rotatable bonds is 3. The molecule has 1 rings (SSSR count). The van der Waals surface area contributed by atoms with Gasteiger partial charge in [-0.3, -0.25) is 0 Å². The number of carbonyl (C=O) groups is 1. The molecule has 0 heterocycles. The molecule has 0 fully saturated rings. The Balaban J connectivity index is 3.21. The third kappa shape index (κ3) is 2.70. The number of hydrogen-bond acceptors (Lipinski definition) is 2. The number of methoxy groups -OCH3 is 1. The van der Waals surface area contributed by atoms with Crippen LogP contribution in [0.25, 0.3) is 6.08 Å². The molecule has 1 aromatic rings. The molecular weight excluding hydrogens is 223 g/mol. The second kappa shape index (κ2) is 4.79. The highest BCUT2D eigenvalue weighted by Crippen LogP contribution is 2.30. The van der Waals surface area contributed by atoms with Crippen LogP contribution in [0.15, 0.2) is 18.2 Å². The van der Waals surface area contributed by atoms with Crippen molar-refractivity contribution in [3.63, 3.8) is 0 Å². The summed E-state index contributed by atoms with van der Waals surface area (Å²) in [7, 11) is 1.39. The molecule has 0 saturated heterocycles. The number of carboxylic acids is 1. The smallest absolute Gasteiger partial charge is 0.328 e. The zero-order valence-electron chi connectivity index (χ0n) is 7.83. The van der Waals surface area contributed by atoms with E-state index in [1.807, 2.05) is 0 Å². The Kier molecular flexibility index (Phi) is 3.68.